The van der Waals surface area contributed by atoms with Crippen LogP contribution in [0.4, 0.5) is 0 Å². The Bertz CT molecular complexity index is 1090. The molecule has 1 N–H and O–H groups in total. The molecule has 6 aliphatic carbocycles. The van der Waals surface area contributed by atoms with Crippen molar-refractivity contribution in [1.82, 2.24) is 10.2 Å². The van der Waals surface area contributed by atoms with Gasteiger partial charge in [0.1, 0.15) is 0 Å². The summed E-state index contributed by atoms with van der Waals surface area (Å²) in [5, 5.41) is 4.32. The van der Waals surface area contributed by atoms with Crippen molar-refractivity contribution in [2.75, 3.05) is 37.7 Å². The average Bonchev–Trinajstić information content (AvgIpc) is 3.39. The van der Waals surface area contributed by atoms with Crippen molar-refractivity contribution >= 4 is 11.8 Å². The number of allylic oxidation sites excluding steroid dienone is 4. The largest absolute Gasteiger partial charge is 0.310 e. The Balaban J connectivity index is 1.12. The van der Waals surface area contributed by atoms with Crippen LogP contribution in [-0.2, 0) is 0 Å². The zero-order chi connectivity index (χ0) is 29.4. The first-order chi connectivity index (χ1) is 20.0. The maximum atomic E-state index is 4.32. The Labute approximate surface area is 264 Å². The molecule has 0 spiro atoms. The van der Waals surface area contributed by atoms with Crippen LogP contribution in [0.5, 0.6) is 0 Å². The highest BCUT2D eigenvalue weighted by atomic mass is 32.2. The van der Waals surface area contributed by atoms with E-state index >= 15 is 0 Å². The predicted molar refractivity (Wildman–Crippen MR) is 182 cm³/mol. The van der Waals surface area contributed by atoms with Gasteiger partial charge in [-0.25, -0.2) is 0 Å². The summed E-state index contributed by atoms with van der Waals surface area (Å²) in [6.07, 6.45) is 23.9. The van der Waals surface area contributed by atoms with Gasteiger partial charge in [-0.15, -0.1) is 0 Å². The van der Waals surface area contributed by atoms with Crippen molar-refractivity contribution in [2.24, 2.45) is 51.2 Å². The van der Waals surface area contributed by atoms with Crippen molar-refractivity contribution in [3.8, 4) is 0 Å². The van der Waals surface area contributed by atoms with Gasteiger partial charge in [0.15, 0.2) is 0 Å². The second-order valence-corrected chi connectivity index (χ2v) is 19.1. The summed E-state index contributed by atoms with van der Waals surface area (Å²) in [6.45, 7) is 21.2. The lowest BCUT2D eigenvalue weighted by atomic mass is 9.33. The van der Waals surface area contributed by atoms with Crippen molar-refractivity contribution < 1.29 is 0 Å². The number of nitrogens with zero attached hydrogens (tertiary/aromatic N) is 1. The van der Waals surface area contributed by atoms with E-state index in [2.05, 4.69) is 75.7 Å². The molecule has 1 heterocycles. The molecule has 0 aromatic heterocycles. The molecule has 42 heavy (non-hydrogen) atoms. The molecule has 2 nitrogen and oxygen atoms in total. The summed E-state index contributed by atoms with van der Waals surface area (Å²) in [7, 11) is 0. The van der Waals surface area contributed by atoms with E-state index < -0.39 is 0 Å². The van der Waals surface area contributed by atoms with E-state index in [0.29, 0.717) is 27.2 Å². The molecule has 0 amide bonds. The number of fused-ring (bicyclic) bond motifs is 7. The van der Waals surface area contributed by atoms with E-state index in [0.717, 1.165) is 29.6 Å². The second kappa shape index (κ2) is 10.9. The molecule has 0 bridgehead atoms. The molecule has 4 saturated carbocycles. The van der Waals surface area contributed by atoms with Gasteiger partial charge in [0.2, 0.25) is 0 Å². The molecule has 7 aliphatic rings. The van der Waals surface area contributed by atoms with E-state index in [-0.39, 0.29) is 0 Å². The third-order valence-electron chi connectivity index (χ3n) is 16.0. The molecule has 7 unspecified atom stereocenters. The maximum absolute atomic E-state index is 4.32. The Kier molecular flexibility index (Phi) is 7.91. The lowest BCUT2D eigenvalue weighted by Gasteiger charge is -2.72. The minimum atomic E-state index is 0.308. The fraction of sp³-hybridized carbons (Fsp3) is 0.897. The quantitative estimate of drug-likeness (QED) is 0.342. The molecular weight excluding hydrogens is 529 g/mol. The van der Waals surface area contributed by atoms with Crippen LogP contribution >= 0.6 is 11.8 Å². The zero-order valence-corrected chi connectivity index (χ0v) is 29.1. The second-order valence-electron chi connectivity index (χ2n) is 17.9. The molecule has 236 valence electrons. The smallest absolute Gasteiger partial charge is 0.0213 e. The first-order valence-corrected chi connectivity index (χ1v) is 19.6. The number of hydrogen-bond donors (Lipinski definition) is 1. The Hall–Kier alpha value is -0.250. The number of nitrogens with one attached hydrogen (secondary N) is 1. The Morgan fingerprint density at radius 1 is 0.833 bits per heavy atom. The highest BCUT2D eigenvalue weighted by Gasteiger charge is 2.69. The van der Waals surface area contributed by atoms with E-state index in [9.17, 15) is 0 Å². The van der Waals surface area contributed by atoms with Crippen LogP contribution in [-0.4, -0.2) is 48.1 Å². The lowest BCUT2D eigenvalue weighted by Crippen LogP contribution is -2.67. The normalized spacial score (nSPS) is 48.8. The number of rotatable bonds is 5. The minimum absolute atomic E-state index is 0.308. The summed E-state index contributed by atoms with van der Waals surface area (Å²) < 4.78 is 0. The van der Waals surface area contributed by atoms with Crippen molar-refractivity contribution in [3.63, 3.8) is 0 Å². The molecular formula is C39H64N2S. The monoisotopic (exact) mass is 592 g/mol. The highest BCUT2D eigenvalue weighted by Crippen LogP contribution is 2.76. The van der Waals surface area contributed by atoms with Crippen LogP contribution in [0.25, 0.3) is 0 Å². The molecule has 9 atom stereocenters. The van der Waals surface area contributed by atoms with Gasteiger partial charge in [0.25, 0.3) is 0 Å². The Morgan fingerprint density at radius 3 is 2.40 bits per heavy atom. The third kappa shape index (κ3) is 4.53. The Morgan fingerprint density at radius 2 is 1.64 bits per heavy atom. The fourth-order valence-corrected chi connectivity index (χ4v) is 14.5. The SMILES string of the molecule is CC1CC=C(C2=CCC3(C)C(CCC4(C)C3CCC3[C@H]5CCCC5(NCCN5CCSCC5)CC[C@]34C)C2(C)C)CC1. The van der Waals surface area contributed by atoms with Gasteiger partial charge < -0.3 is 10.2 Å². The molecule has 0 aromatic carbocycles. The molecule has 1 aliphatic heterocycles. The van der Waals surface area contributed by atoms with Gasteiger partial charge in [0, 0.05) is 43.2 Å². The molecule has 3 heteroatoms. The van der Waals surface area contributed by atoms with Crippen LogP contribution in [0.3, 0.4) is 0 Å². The van der Waals surface area contributed by atoms with Gasteiger partial charge >= 0.3 is 0 Å². The molecule has 1 saturated heterocycles. The standard InChI is InChI=1S/C39H64N2S/c1-28-9-11-29(12-10-28)30-15-18-36(4)33(35(30,2)3)16-19-38(6)34(36)14-13-31-32-8-7-17-39(32,21-20-37(31,38)5)40-22-23-41-24-26-42-27-25-41/h11,15,28,31-34,40H,7-10,12-14,16-27H2,1-6H3/t28?,31?,32-,33?,34?,36?,37-,38?,39?/m1/s1. The molecule has 7 rings (SSSR count). The maximum Gasteiger partial charge on any atom is 0.0213 e. The molecule has 0 aromatic rings. The van der Waals surface area contributed by atoms with E-state index in [1.165, 1.54) is 121 Å². The lowest BCUT2D eigenvalue weighted by molar-refractivity contribution is -0.218. The van der Waals surface area contributed by atoms with Crippen molar-refractivity contribution in [2.45, 2.75) is 131 Å². The van der Waals surface area contributed by atoms with Gasteiger partial charge in [0.05, 0.1) is 0 Å². The van der Waals surface area contributed by atoms with Gasteiger partial charge in [-0.05, 0) is 139 Å². The number of thioether (sulfide) groups is 1. The van der Waals surface area contributed by atoms with Crippen LogP contribution in [0.1, 0.15) is 125 Å². The van der Waals surface area contributed by atoms with Gasteiger partial charge in [-0.1, -0.05) is 60.1 Å². The van der Waals surface area contributed by atoms with Crippen LogP contribution in [0, 0.1) is 51.2 Å². The van der Waals surface area contributed by atoms with E-state index in [1.54, 1.807) is 11.1 Å². The summed E-state index contributed by atoms with van der Waals surface area (Å²) >= 11 is 2.14. The van der Waals surface area contributed by atoms with Crippen LogP contribution in [0.15, 0.2) is 23.3 Å². The fourth-order valence-electron chi connectivity index (χ4n) is 13.5. The molecule has 0 radical (unpaired) electrons. The number of hydrogen-bond acceptors (Lipinski definition) is 3. The first-order valence-electron chi connectivity index (χ1n) is 18.5. The van der Waals surface area contributed by atoms with E-state index in [1.807, 2.05) is 0 Å². The van der Waals surface area contributed by atoms with Gasteiger partial charge in [-0.3, -0.25) is 0 Å². The predicted octanol–water partition coefficient (Wildman–Crippen LogP) is 9.52. The summed E-state index contributed by atoms with van der Waals surface area (Å²) in [6, 6.07) is 0. The van der Waals surface area contributed by atoms with Crippen molar-refractivity contribution in [1.29, 1.82) is 0 Å². The summed E-state index contributed by atoms with van der Waals surface area (Å²) in [4.78, 5) is 2.72. The summed E-state index contributed by atoms with van der Waals surface area (Å²) in [5.41, 5.74) is 5.67. The zero-order valence-electron chi connectivity index (χ0n) is 28.3. The summed E-state index contributed by atoms with van der Waals surface area (Å²) in [5.74, 6) is 7.07. The van der Waals surface area contributed by atoms with Gasteiger partial charge in [-0.2, -0.15) is 11.8 Å². The minimum Gasteiger partial charge on any atom is -0.310 e. The third-order valence-corrected chi connectivity index (χ3v) is 16.9. The topological polar surface area (TPSA) is 15.3 Å². The van der Waals surface area contributed by atoms with Crippen LogP contribution in [0.2, 0.25) is 0 Å². The molecule has 5 fully saturated rings. The highest BCUT2D eigenvalue weighted by molar-refractivity contribution is 7.99. The van der Waals surface area contributed by atoms with E-state index in [4.69, 9.17) is 0 Å². The van der Waals surface area contributed by atoms with Crippen molar-refractivity contribution in [3.05, 3.63) is 23.3 Å². The first kappa shape index (κ1) is 30.4. The van der Waals surface area contributed by atoms with Crippen LogP contribution < -0.4 is 5.32 Å². The average molecular weight is 593 g/mol.